The average Bonchev–Trinajstić information content (AvgIpc) is 4.25. The second-order valence-corrected chi connectivity index (χ2v) is 19.6. The Morgan fingerprint density at radius 1 is 0.191 bits per heavy atom. The van der Waals surface area contributed by atoms with Crippen molar-refractivity contribution in [1.82, 2.24) is 0 Å². The first-order valence-corrected chi connectivity index (χ1v) is 25.0. The Balaban J connectivity index is 1.06. The van der Waals surface area contributed by atoms with E-state index in [1.165, 1.54) is 108 Å². The second kappa shape index (κ2) is 18.5. The van der Waals surface area contributed by atoms with Crippen LogP contribution in [0.3, 0.4) is 0 Å². The van der Waals surface area contributed by atoms with E-state index in [2.05, 4.69) is 267 Å². The molecule has 0 atom stereocenters. The van der Waals surface area contributed by atoms with Crippen LogP contribution in [0, 0.1) is 0 Å². The molecule has 68 heavy (non-hydrogen) atoms. The molecule has 318 valence electrons. The maximum Gasteiger partial charge on any atom is 0.256 e. The Morgan fingerprint density at radius 3 is 0.588 bits per heavy atom. The molecule has 0 fully saturated rings. The van der Waals surface area contributed by atoms with Crippen molar-refractivity contribution in [3.8, 4) is 9.75 Å². The fraction of sp³-hybridized carbons (Fsp3) is 0. The van der Waals surface area contributed by atoms with Gasteiger partial charge in [0.1, 0.15) is 0 Å². The molecule has 0 N–H and O–H groups in total. The topological polar surface area (TPSA) is 0 Å². The molecule has 0 spiro atoms. The van der Waals surface area contributed by atoms with E-state index in [1.54, 1.807) is 0 Å². The maximum atomic E-state index is 2.41. The van der Waals surface area contributed by atoms with Gasteiger partial charge in [0, 0.05) is 9.75 Å². The summed E-state index contributed by atoms with van der Waals surface area (Å²) in [6.07, 6.45) is 0. The quantitative estimate of drug-likeness (QED) is 0.114. The van der Waals surface area contributed by atoms with Crippen LogP contribution >= 0.6 is 22.7 Å². The van der Waals surface area contributed by atoms with Crippen molar-refractivity contribution in [1.29, 1.82) is 0 Å². The van der Waals surface area contributed by atoms with Crippen molar-refractivity contribution in [3.05, 3.63) is 311 Å². The summed E-state index contributed by atoms with van der Waals surface area (Å²) in [5, 5.41) is 0. The predicted octanol–water partition coefficient (Wildman–Crippen LogP) is 15.5. The third-order valence-electron chi connectivity index (χ3n) is 13.4. The lowest BCUT2D eigenvalue weighted by atomic mass is 9.38. The maximum absolute atomic E-state index is 2.41. The smallest absolute Gasteiger partial charge is 0.148 e. The first kappa shape index (κ1) is 41.7. The highest BCUT2D eigenvalue weighted by atomic mass is 32.1. The van der Waals surface area contributed by atoms with Gasteiger partial charge in [-0.1, -0.05) is 277 Å². The summed E-state index contributed by atoms with van der Waals surface area (Å²) in [5.41, 5.74) is 20.5. The summed E-state index contributed by atoms with van der Waals surface area (Å²) in [4.78, 5) is 2.57. The van der Waals surface area contributed by atoms with Gasteiger partial charge in [0.05, 0.1) is 0 Å². The van der Waals surface area contributed by atoms with E-state index in [9.17, 15) is 0 Å². The molecule has 0 radical (unpaired) electrons. The lowest BCUT2D eigenvalue weighted by molar-refractivity contribution is 1.58. The van der Waals surface area contributed by atoms with Gasteiger partial charge >= 0.3 is 0 Å². The highest BCUT2D eigenvalue weighted by molar-refractivity contribution is 7.36. The van der Waals surface area contributed by atoms with Crippen molar-refractivity contribution in [2.24, 2.45) is 0 Å². The molecule has 0 bridgehead atoms. The molecule has 0 saturated carbocycles. The molecular formula is C64H44B2S2. The number of rotatable bonds is 11. The van der Waals surface area contributed by atoms with Crippen LogP contribution in [0.15, 0.2) is 267 Å². The van der Waals surface area contributed by atoms with Crippen molar-refractivity contribution < 1.29 is 0 Å². The first-order chi connectivity index (χ1) is 33.8. The van der Waals surface area contributed by atoms with Crippen LogP contribution in [-0.4, -0.2) is 13.4 Å². The third kappa shape index (κ3) is 7.62. The van der Waals surface area contributed by atoms with Crippen LogP contribution in [0.2, 0.25) is 0 Å². The van der Waals surface area contributed by atoms with E-state index in [0.29, 0.717) is 0 Å². The van der Waals surface area contributed by atoms with E-state index < -0.39 is 0 Å². The molecule has 2 aliphatic heterocycles. The molecule has 4 heterocycles. The van der Waals surface area contributed by atoms with Crippen molar-refractivity contribution in [2.75, 3.05) is 0 Å². The van der Waals surface area contributed by atoms with Crippen molar-refractivity contribution >= 4 is 89.8 Å². The summed E-state index contributed by atoms with van der Waals surface area (Å²) in [5.74, 6) is 0. The second-order valence-electron chi connectivity index (χ2n) is 17.4. The Bertz CT molecular complexity index is 3060. The Morgan fingerprint density at radius 2 is 0.382 bits per heavy atom. The zero-order chi connectivity index (χ0) is 45.2. The number of allylic oxidation sites excluding steroid dienone is 4. The van der Waals surface area contributed by atoms with Crippen LogP contribution in [0.1, 0.15) is 44.5 Å². The lowest BCUT2D eigenvalue weighted by Crippen LogP contribution is -2.30. The standard InChI is InChI=1S/C64H44B2S2/c1-9-25-45(26-10-1)57-58(46-27-11-2-12-28-46)62(50-35-19-6-20-36-50)65(61(57)49-33-17-5-18-34-49)55-43-41-53(67-55)54-42-44-56(68-54)66-63(51-37-21-7-22-38-51)59(47-29-13-3-14-30-47)60(48-31-15-4-16-32-48)64(66)52-39-23-8-24-40-52/h1-44H. The minimum atomic E-state index is 0.000298. The Kier molecular flexibility index (Phi) is 11.3. The molecule has 2 aliphatic rings. The van der Waals surface area contributed by atoms with Crippen LogP contribution in [-0.2, 0) is 0 Å². The molecule has 4 heteroatoms. The monoisotopic (exact) mass is 898 g/mol. The summed E-state index contributed by atoms with van der Waals surface area (Å²) in [6.45, 7) is 0.000595. The Labute approximate surface area is 408 Å². The molecule has 0 nitrogen and oxygen atoms in total. The van der Waals surface area contributed by atoms with E-state index in [0.717, 1.165) is 0 Å². The molecule has 8 aromatic carbocycles. The van der Waals surface area contributed by atoms with Crippen LogP contribution in [0.25, 0.3) is 53.9 Å². The van der Waals surface area contributed by atoms with Crippen LogP contribution < -0.4 is 9.55 Å². The SMILES string of the molecule is c1ccc(C2=C(c3ccccc3)C(c3ccccc3)=C(c3ccccc3)B2c2ccc(-c3ccc(B4C(c5ccccc5)=C(c5ccccc5)C(c5ccccc5)=C4c4ccccc4)s3)s2)cc1. The zero-order valence-electron chi connectivity index (χ0n) is 37.4. The number of thiophene rings is 2. The van der Waals surface area contributed by atoms with Crippen LogP contribution in [0.5, 0.6) is 0 Å². The highest BCUT2D eigenvalue weighted by Gasteiger charge is 2.43. The molecule has 2 aromatic heterocycles. The van der Waals surface area contributed by atoms with Gasteiger partial charge in [-0.3, -0.25) is 0 Å². The number of hydrogen-bond acceptors (Lipinski definition) is 2. The van der Waals surface area contributed by atoms with E-state index >= 15 is 0 Å². The Hall–Kier alpha value is -7.75. The number of hydrogen-bond donors (Lipinski definition) is 0. The third-order valence-corrected chi connectivity index (χ3v) is 15.9. The van der Waals surface area contributed by atoms with Gasteiger partial charge in [-0.05, 0) is 88.5 Å². The molecular weight excluding hydrogens is 854 g/mol. The van der Waals surface area contributed by atoms with E-state index in [4.69, 9.17) is 0 Å². The summed E-state index contributed by atoms with van der Waals surface area (Å²) < 4.78 is 2.67. The predicted molar refractivity (Wildman–Crippen MR) is 297 cm³/mol. The number of benzene rings is 8. The minimum absolute atomic E-state index is 0.000298. The molecule has 0 saturated heterocycles. The van der Waals surface area contributed by atoms with Gasteiger partial charge in [0.25, 0.3) is 13.4 Å². The van der Waals surface area contributed by atoms with Crippen LogP contribution in [0.4, 0.5) is 0 Å². The van der Waals surface area contributed by atoms with Gasteiger partial charge in [0.2, 0.25) is 0 Å². The van der Waals surface area contributed by atoms with Gasteiger partial charge in [-0.15, -0.1) is 22.7 Å². The van der Waals surface area contributed by atoms with Gasteiger partial charge in [-0.25, -0.2) is 0 Å². The van der Waals surface area contributed by atoms with Crippen molar-refractivity contribution in [2.45, 2.75) is 0 Å². The van der Waals surface area contributed by atoms with Gasteiger partial charge < -0.3 is 0 Å². The summed E-state index contributed by atoms with van der Waals surface area (Å²) in [6, 6.07) is 98.1. The van der Waals surface area contributed by atoms with Gasteiger partial charge in [-0.2, -0.15) is 0 Å². The largest absolute Gasteiger partial charge is 0.256 e. The summed E-state index contributed by atoms with van der Waals surface area (Å²) in [7, 11) is 0. The fourth-order valence-corrected chi connectivity index (χ4v) is 12.9. The van der Waals surface area contributed by atoms with E-state index in [1.807, 2.05) is 22.7 Å². The molecule has 0 aliphatic carbocycles. The summed E-state index contributed by atoms with van der Waals surface area (Å²) >= 11 is 3.88. The minimum Gasteiger partial charge on any atom is -0.148 e. The van der Waals surface area contributed by atoms with Crippen molar-refractivity contribution in [3.63, 3.8) is 0 Å². The van der Waals surface area contributed by atoms with E-state index in [-0.39, 0.29) is 13.4 Å². The molecule has 10 aromatic rings. The lowest BCUT2D eigenvalue weighted by Gasteiger charge is -2.17. The van der Waals surface area contributed by atoms with Gasteiger partial charge in [0.15, 0.2) is 0 Å². The molecule has 0 amide bonds. The first-order valence-electron chi connectivity index (χ1n) is 23.4. The zero-order valence-corrected chi connectivity index (χ0v) is 39.0. The normalized spacial score (nSPS) is 13.9. The highest BCUT2D eigenvalue weighted by Crippen LogP contribution is 2.53. The molecule has 0 unspecified atom stereocenters. The fourth-order valence-electron chi connectivity index (χ4n) is 10.6. The molecule has 12 rings (SSSR count). The average molecular weight is 899 g/mol.